The van der Waals surface area contributed by atoms with E-state index in [1.54, 1.807) is 12.1 Å². The fourth-order valence-corrected chi connectivity index (χ4v) is 2.16. The topological polar surface area (TPSA) is 21.3 Å². The summed E-state index contributed by atoms with van der Waals surface area (Å²) in [6.07, 6.45) is 0. The van der Waals surface area contributed by atoms with Crippen molar-refractivity contribution in [2.45, 2.75) is 13.0 Å². The summed E-state index contributed by atoms with van der Waals surface area (Å²) < 4.78 is 33.2. The molecule has 0 spiro atoms. The lowest BCUT2D eigenvalue weighted by Gasteiger charge is -2.17. The van der Waals surface area contributed by atoms with Gasteiger partial charge in [-0.2, -0.15) is 0 Å². The van der Waals surface area contributed by atoms with Crippen LogP contribution in [-0.2, 0) is 0 Å². The Kier molecular flexibility index (Phi) is 4.73. The third-order valence-corrected chi connectivity index (χ3v) is 3.48. The van der Waals surface area contributed by atoms with Gasteiger partial charge in [0.05, 0.1) is 0 Å². The molecule has 1 unspecified atom stereocenters. The first kappa shape index (κ1) is 14.9. The standard InChI is InChI=1S/C15H14BrF2NO/c1-9(19-2)12-7-10(16)3-6-14(12)20-15-8-11(17)4-5-13(15)18/h3-9,19H,1-2H3. The van der Waals surface area contributed by atoms with Gasteiger partial charge in [-0.25, -0.2) is 8.78 Å². The molecule has 2 nitrogen and oxygen atoms in total. The third kappa shape index (κ3) is 3.35. The maximum absolute atomic E-state index is 13.6. The Hall–Kier alpha value is -1.46. The first-order valence-corrected chi connectivity index (χ1v) is 6.90. The van der Waals surface area contributed by atoms with Crippen LogP contribution in [0.15, 0.2) is 40.9 Å². The zero-order valence-electron chi connectivity index (χ0n) is 11.1. The minimum absolute atomic E-state index is 0.0131. The Morgan fingerprint density at radius 2 is 1.85 bits per heavy atom. The van der Waals surface area contributed by atoms with Gasteiger partial charge < -0.3 is 10.1 Å². The van der Waals surface area contributed by atoms with E-state index in [1.165, 1.54) is 0 Å². The number of hydrogen-bond donors (Lipinski definition) is 1. The first-order chi connectivity index (χ1) is 9.51. The highest BCUT2D eigenvalue weighted by Gasteiger charge is 2.14. The van der Waals surface area contributed by atoms with E-state index >= 15 is 0 Å². The molecule has 2 aromatic rings. The van der Waals surface area contributed by atoms with Crippen molar-refractivity contribution in [3.05, 3.63) is 58.1 Å². The second kappa shape index (κ2) is 6.33. The Balaban J connectivity index is 2.40. The summed E-state index contributed by atoms with van der Waals surface area (Å²) in [5.41, 5.74) is 0.852. The van der Waals surface area contributed by atoms with Crippen molar-refractivity contribution in [2.75, 3.05) is 7.05 Å². The molecule has 1 N–H and O–H groups in total. The van der Waals surface area contributed by atoms with Gasteiger partial charge in [0.1, 0.15) is 11.6 Å². The molecule has 0 heterocycles. The van der Waals surface area contributed by atoms with Crippen LogP contribution in [0.2, 0.25) is 0 Å². The Morgan fingerprint density at radius 3 is 2.55 bits per heavy atom. The molecule has 0 aliphatic rings. The van der Waals surface area contributed by atoms with Gasteiger partial charge >= 0.3 is 0 Å². The molecular formula is C15H14BrF2NO. The summed E-state index contributed by atoms with van der Waals surface area (Å²) in [6, 6.07) is 8.54. The van der Waals surface area contributed by atoms with E-state index in [4.69, 9.17) is 4.74 Å². The van der Waals surface area contributed by atoms with E-state index < -0.39 is 11.6 Å². The van der Waals surface area contributed by atoms with Gasteiger partial charge in [0.25, 0.3) is 0 Å². The Bertz CT molecular complexity index is 619. The SMILES string of the molecule is CNC(C)c1cc(Br)ccc1Oc1cc(F)ccc1F. The highest BCUT2D eigenvalue weighted by atomic mass is 79.9. The van der Waals surface area contributed by atoms with Gasteiger partial charge in [0, 0.05) is 22.1 Å². The summed E-state index contributed by atoms with van der Waals surface area (Å²) in [7, 11) is 1.82. The lowest BCUT2D eigenvalue weighted by atomic mass is 10.1. The van der Waals surface area contributed by atoms with Crippen molar-refractivity contribution in [1.82, 2.24) is 5.32 Å². The van der Waals surface area contributed by atoms with Crippen molar-refractivity contribution in [1.29, 1.82) is 0 Å². The summed E-state index contributed by atoms with van der Waals surface area (Å²) in [4.78, 5) is 0. The van der Waals surface area contributed by atoms with Crippen molar-refractivity contribution < 1.29 is 13.5 Å². The average molecular weight is 342 g/mol. The average Bonchev–Trinajstić information content (AvgIpc) is 2.43. The van der Waals surface area contributed by atoms with E-state index in [9.17, 15) is 8.78 Å². The molecule has 0 aromatic heterocycles. The van der Waals surface area contributed by atoms with Gasteiger partial charge in [-0.05, 0) is 44.3 Å². The maximum Gasteiger partial charge on any atom is 0.165 e. The van der Waals surface area contributed by atoms with E-state index in [-0.39, 0.29) is 11.8 Å². The molecule has 5 heteroatoms. The fraction of sp³-hybridized carbons (Fsp3) is 0.200. The summed E-state index contributed by atoms with van der Waals surface area (Å²) in [5.74, 6) is -0.782. The number of halogens is 3. The number of hydrogen-bond acceptors (Lipinski definition) is 2. The minimum atomic E-state index is -0.600. The lowest BCUT2D eigenvalue weighted by molar-refractivity contribution is 0.426. The molecule has 0 bridgehead atoms. The summed E-state index contributed by atoms with van der Waals surface area (Å²) in [6.45, 7) is 1.95. The van der Waals surface area contributed by atoms with Crippen LogP contribution in [-0.4, -0.2) is 7.05 Å². The maximum atomic E-state index is 13.6. The van der Waals surface area contributed by atoms with Crippen molar-refractivity contribution in [3.8, 4) is 11.5 Å². The van der Waals surface area contributed by atoms with Gasteiger partial charge in [-0.1, -0.05) is 15.9 Å². The largest absolute Gasteiger partial charge is 0.454 e. The normalized spacial score (nSPS) is 12.2. The van der Waals surface area contributed by atoms with E-state index in [1.807, 2.05) is 20.0 Å². The van der Waals surface area contributed by atoms with Crippen LogP contribution in [0, 0.1) is 11.6 Å². The van der Waals surface area contributed by atoms with Crippen molar-refractivity contribution in [2.24, 2.45) is 0 Å². The second-order valence-corrected chi connectivity index (χ2v) is 5.28. The number of rotatable bonds is 4. The highest BCUT2D eigenvalue weighted by molar-refractivity contribution is 9.10. The Morgan fingerprint density at radius 1 is 1.10 bits per heavy atom. The molecule has 0 aliphatic carbocycles. The number of ether oxygens (including phenoxy) is 1. The second-order valence-electron chi connectivity index (χ2n) is 4.37. The molecule has 106 valence electrons. The van der Waals surface area contributed by atoms with Crippen LogP contribution in [0.4, 0.5) is 8.78 Å². The molecule has 0 fully saturated rings. The molecule has 2 aromatic carbocycles. The lowest BCUT2D eigenvalue weighted by Crippen LogP contribution is -2.13. The zero-order chi connectivity index (χ0) is 14.7. The molecule has 0 aliphatic heterocycles. The van der Waals surface area contributed by atoms with Gasteiger partial charge in [-0.15, -0.1) is 0 Å². The summed E-state index contributed by atoms with van der Waals surface area (Å²) >= 11 is 3.39. The monoisotopic (exact) mass is 341 g/mol. The molecule has 2 rings (SSSR count). The van der Waals surface area contributed by atoms with Crippen LogP contribution in [0.3, 0.4) is 0 Å². The van der Waals surface area contributed by atoms with Crippen molar-refractivity contribution in [3.63, 3.8) is 0 Å². The third-order valence-electron chi connectivity index (χ3n) is 2.98. The molecule has 0 saturated carbocycles. The molecule has 20 heavy (non-hydrogen) atoms. The van der Waals surface area contributed by atoms with E-state index in [0.717, 1.165) is 28.2 Å². The van der Waals surface area contributed by atoms with E-state index in [2.05, 4.69) is 21.2 Å². The Labute approximate surface area is 124 Å². The minimum Gasteiger partial charge on any atom is -0.454 e. The van der Waals surface area contributed by atoms with Crippen LogP contribution in [0.5, 0.6) is 11.5 Å². The number of benzene rings is 2. The van der Waals surface area contributed by atoms with E-state index in [0.29, 0.717) is 5.75 Å². The zero-order valence-corrected chi connectivity index (χ0v) is 12.7. The molecule has 0 saturated heterocycles. The van der Waals surface area contributed by atoms with Crippen molar-refractivity contribution >= 4 is 15.9 Å². The van der Waals surface area contributed by atoms with Crippen LogP contribution in [0.1, 0.15) is 18.5 Å². The highest BCUT2D eigenvalue weighted by Crippen LogP contribution is 2.33. The van der Waals surface area contributed by atoms with Gasteiger partial charge in [0.15, 0.2) is 11.6 Å². The van der Waals surface area contributed by atoms with Crippen LogP contribution in [0.25, 0.3) is 0 Å². The van der Waals surface area contributed by atoms with Gasteiger partial charge in [0.2, 0.25) is 0 Å². The molecule has 0 radical (unpaired) electrons. The molecular weight excluding hydrogens is 328 g/mol. The first-order valence-electron chi connectivity index (χ1n) is 6.11. The molecule has 0 amide bonds. The van der Waals surface area contributed by atoms with Gasteiger partial charge in [-0.3, -0.25) is 0 Å². The summed E-state index contributed by atoms with van der Waals surface area (Å²) in [5, 5.41) is 3.09. The van der Waals surface area contributed by atoms with Crippen LogP contribution < -0.4 is 10.1 Å². The fourth-order valence-electron chi connectivity index (χ4n) is 1.78. The number of nitrogens with one attached hydrogen (secondary N) is 1. The smallest absolute Gasteiger partial charge is 0.165 e. The molecule has 1 atom stereocenters. The predicted octanol–water partition coefficient (Wildman–Crippen LogP) is 4.80. The predicted molar refractivity (Wildman–Crippen MR) is 78.0 cm³/mol. The van der Waals surface area contributed by atoms with Crippen LogP contribution >= 0.6 is 15.9 Å². The quantitative estimate of drug-likeness (QED) is 0.862.